The van der Waals surface area contributed by atoms with E-state index in [4.69, 9.17) is 0 Å². The number of imidazole rings is 1. The van der Waals surface area contributed by atoms with Crippen LogP contribution in [0.4, 0.5) is 0 Å². The average molecular weight is 180 g/mol. The minimum Gasteiger partial charge on any atom is -0.383 e. The molecule has 0 saturated heterocycles. The van der Waals surface area contributed by atoms with E-state index in [2.05, 4.69) is 4.98 Å². The molecule has 1 heterocycles. The fraction of sp³-hybridized carbons (Fsp3) is 0.700. The van der Waals surface area contributed by atoms with Gasteiger partial charge >= 0.3 is 0 Å². The van der Waals surface area contributed by atoms with Crippen LogP contribution in [0.3, 0.4) is 0 Å². The second-order valence-corrected chi connectivity index (χ2v) is 4.02. The molecule has 1 aliphatic carbocycles. The molecule has 1 aromatic heterocycles. The molecular weight excluding hydrogens is 164 g/mol. The molecule has 3 heteroatoms. The molecule has 0 atom stereocenters. The topological polar surface area (TPSA) is 38.0 Å². The first kappa shape index (κ1) is 8.75. The molecule has 1 aromatic rings. The van der Waals surface area contributed by atoms with E-state index in [0.29, 0.717) is 0 Å². The number of hydrogen-bond acceptors (Lipinski definition) is 2. The third-order valence-corrected chi connectivity index (χ3v) is 2.86. The number of aryl methyl sites for hydroxylation is 1. The second-order valence-electron chi connectivity index (χ2n) is 4.02. The van der Waals surface area contributed by atoms with Crippen molar-refractivity contribution in [2.75, 3.05) is 0 Å². The molecule has 1 aliphatic rings. The predicted molar refractivity (Wildman–Crippen MR) is 50.2 cm³/mol. The molecule has 0 unspecified atom stereocenters. The molecule has 13 heavy (non-hydrogen) atoms. The summed E-state index contributed by atoms with van der Waals surface area (Å²) in [6.45, 7) is 0. The standard InChI is InChI=1S/C10H16N2O/c1-12-7-9(11-8-12)10(13)5-3-2-4-6-10/h7-8,13H,2-6H2,1H3. The van der Waals surface area contributed by atoms with Crippen molar-refractivity contribution < 1.29 is 5.11 Å². The van der Waals surface area contributed by atoms with Crippen molar-refractivity contribution in [2.24, 2.45) is 7.05 Å². The maximum atomic E-state index is 10.3. The first-order valence-corrected chi connectivity index (χ1v) is 4.91. The summed E-state index contributed by atoms with van der Waals surface area (Å²) in [5.41, 5.74) is 0.203. The zero-order chi connectivity index (χ0) is 9.31. The minimum absolute atomic E-state index is 0.639. The van der Waals surface area contributed by atoms with Crippen LogP contribution >= 0.6 is 0 Å². The van der Waals surface area contributed by atoms with E-state index < -0.39 is 5.60 Å². The third kappa shape index (κ3) is 1.61. The van der Waals surface area contributed by atoms with Gasteiger partial charge in [-0.25, -0.2) is 4.98 Å². The van der Waals surface area contributed by atoms with Crippen molar-refractivity contribution in [1.29, 1.82) is 0 Å². The predicted octanol–water partition coefficient (Wildman–Crippen LogP) is 1.57. The first-order valence-electron chi connectivity index (χ1n) is 4.91. The Bertz CT molecular complexity index is 287. The van der Waals surface area contributed by atoms with Crippen molar-refractivity contribution in [2.45, 2.75) is 37.7 Å². The largest absolute Gasteiger partial charge is 0.383 e. The maximum absolute atomic E-state index is 10.3. The van der Waals surface area contributed by atoms with Gasteiger partial charge < -0.3 is 9.67 Å². The van der Waals surface area contributed by atoms with Gasteiger partial charge in [0.15, 0.2) is 0 Å². The molecule has 72 valence electrons. The van der Waals surface area contributed by atoms with E-state index in [1.165, 1.54) is 6.42 Å². The van der Waals surface area contributed by atoms with Gasteiger partial charge in [0.2, 0.25) is 0 Å². The van der Waals surface area contributed by atoms with Crippen molar-refractivity contribution in [3.8, 4) is 0 Å². The van der Waals surface area contributed by atoms with Crippen molar-refractivity contribution >= 4 is 0 Å². The van der Waals surface area contributed by atoms with E-state index in [1.807, 2.05) is 17.8 Å². The summed E-state index contributed by atoms with van der Waals surface area (Å²) in [5, 5.41) is 10.3. The summed E-state index contributed by atoms with van der Waals surface area (Å²) in [6, 6.07) is 0. The van der Waals surface area contributed by atoms with Crippen LogP contribution in [0.1, 0.15) is 37.8 Å². The van der Waals surface area contributed by atoms with Gasteiger partial charge in [0, 0.05) is 13.2 Å². The number of nitrogens with zero attached hydrogens (tertiary/aromatic N) is 2. The van der Waals surface area contributed by atoms with Crippen LogP contribution in [0.25, 0.3) is 0 Å². The van der Waals surface area contributed by atoms with Crippen LogP contribution in [-0.4, -0.2) is 14.7 Å². The van der Waals surface area contributed by atoms with Crippen LogP contribution in [0.5, 0.6) is 0 Å². The van der Waals surface area contributed by atoms with Crippen molar-refractivity contribution in [1.82, 2.24) is 9.55 Å². The van der Waals surface area contributed by atoms with Crippen LogP contribution in [0.2, 0.25) is 0 Å². The second kappa shape index (κ2) is 3.14. The highest BCUT2D eigenvalue weighted by atomic mass is 16.3. The molecule has 0 spiro atoms. The molecule has 0 bridgehead atoms. The summed E-state index contributed by atoms with van der Waals surface area (Å²) in [6.07, 6.45) is 8.89. The van der Waals surface area contributed by atoms with E-state index in [1.54, 1.807) is 6.33 Å². The van der Waals surface area contributed by atoms with Gasteiger partial charge in [0.1, 0.15) is 5.60 Å². The Morgan fingerprint density at radius 2 is 2.08 bits per heavy atom. The van der Waals surface area contributed by atoms with Gasteiger partial charge in [-0.05, 0) is 12.8 Å². The number of rotatable bonds is 1. The average Bonchev–Trinajstić information content (AvgIpc) is 2.54. The van der Waals surface area contributed by atoms with Gasteiger partial charge in [0.05, 0.1) is 12.0 Å². The number of hydrogen-bond donors (Lipinski definition) is 1. The molecule has 2 rings (SSSR count). The highest BCUT2D eigenvalue weighted by Crippen LogP contribution is 2.35. The van der Waals surface area contributed by atoms with Gasteiger partial charge in [-0.1, -0.05) is 19.3 Å². The highest BCUT2D eigenvalue weighted by molar-refractivity contribution is 5.09. The van der Waals surface area contributed by atoms with Crippen molar-refractivity contribution in [3.63, 3.8) is 0 Å². The summed E-state index contributed by atoms with van der Waals surface area (Å²) in [5.74, 6) is 0. The normalized spacial score (nSPS) is 21.7. The van der Waals surface area contributed by atoms with Gasteiger partial charge in [-0.3, -0.25) is 0 Å². The lowest BCUT2D eigenvalue weighted by molar-refractivity contribution is -0.00434. The molecule has 1 saturated carbocycles. The maximum Gasteiger partial charge on any atom is 0.108 e. The number of aliphatic hydroxyl groups is 1. The molecule has 1 fully saturated rings. The lowest BCUT2D eigenvalue weighted by Crippen LogP contribution is -2.28. The van der Waals surface area contributed by atoms with Gasteiger partial charge in [-0.2, -0.15) is 0 Å². The van der Waals surface area contributed by atoms with E-state index >= 15 is 0 Å². The Labute approximate surface area is 78.4 Å². The Kier molecular flexibility index (Phi) is 2.12. The molecule has 3 nitrogen and oxygen atoms in total. The third-order valence-electron chi connectivity index (χ3n) is 2.86. The monoisotopic (exact) mass is 180 g/mol. The Morgan fingerprint density at radius 1 is 1.38 bits per heavy atom. The molecule has 0 aliphatic heterocycles. The Hall–Kier alpha value is -0.830. The first-order chi connectivity index (χ1) is 6.21. The van der Waals surface area contributed by atoms with Crippen molar-refractivity contribution in [3.05, 3.63) is 18.2 Å². The smallest absolute Gasteiger partial charge is 0.108 e. The molecule has 0 amide bonds. The van der Waals surface area contributed by atoms with E-state index in [0.717, 1.165) is 31.4 Å². The number of aromatic nitrogens is 2. The quantitative estimate of drug-likeness (QED) is 0.712. The van der Waals surface area contributed by atoms with E-state index in [-0.39, 0.29) is 0 Å². The van der Waals surface area contributed by atoms with Gasteiger partial charge in [-0.15, -0.1) is 0 Å². The summed E-state index contributed by atoms with van der Waals surface area (Å²) in [7, 11) is 1.93. The summed E-state index contributed by atoms with van der Waals surface area (Å²) < 4.78 is 1.89. The van der Waals surface area contributed by atoms with Crippen LogP contribution in [0.15, 0.2) is 12.5 Å². The zero-order valence-corrected chi connectivity index (χ0v) is 8.03. The van der Waals surface area contributed by atoms with Gasteiger partial charge in [0.25, 0.3) is 0 Å². The van der Waals surface area contributed by atoms with Crippen LogP contribution in [0, 0.1) is 0 Å². The highest BCUT2D eigenvalue weighted by Gasteiger charge is 2.32. The van der Waals surface area contributed by atoms with Crippen LogP contribution in [-0.2, 0) is 12.6 Å². The molecule has 1 N–H and O–H groups in total. The van der Waals surface area contributed by atoms with E-state index in [9.17, 15) is 5.11 Å². The minimum atomic E-state index is -0.639. The SMILES string of the molecule is Cn1cnc(C2(O)CCCCC2)c1. The summed E-state index contributed by atoms with van der Waals surface area (Å²) in [4.78, 5) is 4.22. The Morgan fingerprint density at radius 3 is 2.62 bits per heavy atom. The lowest BCUT2D eigenvalue weighted by atomic mass is 9.83. The summed E-state index contributed by atoms with van der Waals surface area (Å²) >= 11 is 0. The fourth-order valence-corrected chi connectivity index (χ4v) is 2.05. The molecular formula is C10H16N2O. The Balaban J connectivity index is 2.22. The molecule has 0 radical (unpaired) electrons. The fourth-order valence-electron chi connectivity index (χ4n) is 2.05. The zero-order valence-electron chi connectivity index (χ0n) is 8.03. The van der Waals surface area contributed by atoms with Crippen LogP contribution < -0.4 is 0 Å². The molecule has 0 aromatic carbocycles. The lowest BCUT2D eigenvalue weighted by Gasteiger charge is -2.30.